The minimum atomic E-state index is -0.399. The van der Waals surface area contributed by atoms with Crippen LogP contribution in [0.15, 0.2) is 189 Å². The Morgan fingerprint density at radius 1 is 0.517 bits per heavy atom. The van der Waals surface area contributed by atoms with E-state index in [0.29, 0.717) is 28.2 Å². The molecule has 0 bridgehead atoms. The summed E-state index contributed by atoms with van der Waals surface area (Å²) >= 11 is 7.03. The van der Waals surface area contributed by atoms with Crippen molar-refractivity contribution < 1.29 is 41.3 Å². The Bertz CT molecular complexity index is 4090. The summed E-state index contributed by atoms with van der Waals surface area (Å²) in [5.74, 6) is 0.821. The molecule has 458 valence electrons. The number of aromatic amines is 2. The Morgan fingerprint density at radius 2 is 0.955 bits per heavy atom. The van der Waals surface area contributed by atoms with E-state index in [0.717, 1.165) is 101 Å². The molecule has 4 N–H and O–H groups in total. The number of aldehydes is 1. The zero-order valence-corrected chi connectivity index (χ0v) is 57.8. The third-order valence-electron chi connectivity index (χ3n) is 18.3. The average molecular weight is 1400 g/mol. The molecule has 14 rings (SSSR count). The first kappa shape index (κ1) is 69.6. The minimum Gasteiger partial charge on any atom is -1.00 e. The molecular weight excluding hydrogens is 1320 g/mol. The number of H-pyrrole nitrogens is 2. The normalized spacial score (nSPS) is 17.0. The Morgan fingerprint density at radius 3 is 1.46 bits per heavy atom. The van der Waals surface area contributed by atoms with Gasteiger partial charge in [0.25, 0.3) is 11.1 Å². The van der Waals surface area contributed by atoms with E-state index in [9.17, 15) is 24.6 Å². The molecule has 8 aromatic carbocycles. The Hall–Kier alpha value is -5.26. The smallest absolute Gasteiger partial charge is 1.00 e. The number of halogens is 3. The number of aromatic nitrogens is 2. The summed E-state index contributed by atoms with van der Waals surface area (Å²) in [5.41, 5.74) is 5.10. The maximum absolute atomic E-state index is 12.0. The van der Waals surface area contributed by atoms with Crippen LogP contribution in [0.5, 0.6) is 0 Å². The Balaban J connectivity index is 0.000000152. The molecule has 3 aliphatic carbocycles. The summed E-state index contributed by atoms with van der Waals surface area (Å²) in [4.78, 5) is 39.6. The van der Waals surface area contributed by atoms with E-state index in [1.54, 1.807) is 12.4 Å². The molecular formula is C75H80BBr3MgN2O7. The van der Waals surface area contributed by atoms with E-state index in [1.807, 2.05) is 113 Å². The number of nitrogens with one attached hydrogen (secondary N) is 2. The fourth-order valence-corrected chi connectivity index (χ4v) is 13.6. The molecule has 4 aliphatic rings. The van der Waals surface area contributed by atoms with Crippen LogP contribution in [-0.2, 0) is 9.31 Å². The average Bonchev–Trinajstić information content (AvgIpc) is 2.46. The van der Waals surface area contributed by atoms with Crippen LogP contribution >= 0.6 is 31.9 Å². The van der Waals surface area contributed by atoms with Crippen molar-refractivity contribution in [2.75, 3.05) is 0 Å². The second-order valence-corrected chi connectivity index (χ2v) is 26.5. The van der Waals surface area contributed by atoms with Crippen molar-refractivity contribution in [1.29, 1.82) is 0 Å². The van der Waals surface area contributed by atoms with Crippen LogP contribution in [0.2, 0.25) is 0 Å². The fourth-order valence-electron chi connectivity index (χ4n) is 12.6. The van der Waals surface area contributed by atoms with Gasteiger partial charge < -0.3 is 52.9 Å². The van der Waals surface area contributed by atoms with Crippen molar-refractivity contribution in [3.63, 3.8) is 0 Å². The molecule has 14 heteroatoms. The van der Waals surface area contributed by atoms with Crippen molar-refractivity contribution in [2.24, 2.45) is 11.8 Å². The third kappa shape index (κ3) is 17.3. The number of aliphatic hydroxyl groups is 2. The van der Waals surface area contributed by atoms with Crippen LogP contribution in [0, 0.1) is 18.3 Å². The number of pyridine rings is 2. The van der Waals surface area contributed by atoms with Gasteiger partial charge in [0.1, 0.15) is 6.29 Å². The predicted molar refractivity (Wildman–Crippen MR) is 373 cm³/mol. The number of carbonyl (C=O) groups is 1. The molecule has 3 heterocycles. The Kier molecular flexibility index (Phi) is 25.3. The SMILES string of the molecule is CC1(C)OB(c2ccc3c(=O)[nH]ccc3c2)OC1(C)C.O=Cc1ccc2c(Br)cccc2c1.O=c1[nH]ccc2cc(-c3cccc4cc(C(O)C5CCCCC5)ccc34)ccc12.OC(c1ccc2c(Br)cccc2c1)C1CCCCC1.[Br-].[CH-]1CCCCC1.[Mg+2]. The first-order valence-electron chi connectivity index (χ1n) is 31.2. The molecule has 0 amide bonds. The zero-order valence-electron chi connectivity index (χ0n) is 51.6. The third-order valence-corrected chi connectivity index (χ3v) is 19.7. The topological polar surface area (TPSA) is 142 Å². The van der Waals surface area contributed by atoms with Gasteiger partial charge in [0.2, 0.25) is 0 Å². The van der Waals surface area contributed by atoms with E-state index in [1.165, 1.54) is 81.4 Å². The minimum absolute atomic E-state index is 0. The molecule has 2 unspecified atom stereocenters. The molecule has 2 atom stereocenters. The van der Waals surface area contributed by atoms with Gasteiger partial charge in [-0.1, -0.05) is 187 Å². The number of benzene rings is 8. The fraction of sp³-hybridized carbons (Fsp3) is 0.333. The van der Waals surface area contributed by atoms with Gasteiger partial charge >= 0.3 is 30.2 Å². The standard InChI is InChI=1S/C26H25NO2.C17H19BrO.C15H18BNO3.C11H7BrO.C6H11.BrH.Mg/c28-25(17-5-2-1-3-6-17)21-10-11-23-18(16-21)7-4-8-22(23)19-9-12-24-20(15-19)13-14-27-26(24)29;18-16-8-4-7-13-11-14(9-10-15(13)16)17(19)12-5-2-1-3-6-12;1-14(2)15(3,4)20-16(19-14)11-5-6-12-10(9-11)7-8-17-13(12)18;12-11-3-1-2-9-6-8(7-13)4-5-10(9)11;1-2-4-6-5-3-1;;/h4,7-17,25,28H,1-3,5-6H2,(H,27,29);4,7-12,17,19H,1-3,5-6H2;5-9H,1-4H3,(H,17,18);1-7H;1H,2-6H2;1H;/q;;;;-1;;+2/p-1. The summed E-state index contributed by atoms with van der Waals surface area (Å²) in [7, 11) is -0.399. The summed E-state index contributed by atoms with van der Waals surface area (Å²) < 4.78 is 14.2. The summed E-state index contributed by atoms with van der Waals surface area (Å²) in [6, 6.07) is 52.2. The van der Waals surface area contributed by atoms with Gasteiger partial charge in [-0.25, -0.2) is 0 Å². The number of fused-ring (bicyclic) bond motifs is 5. The number of carbonyl (C=O) groups excluding carboxylic acids is 1. The maximum atomic E-state index is 12.0. The number of hydrogen-bond donors (Lipinski definition) is 4. The van der Waals surface area contributed by atoms with E-state index in [-0.39, 0.29) is 74.6 Å². The van der Waals surface area contributed by atoms with Gasteiger partial charge in [-0.2, -0.15) is 12.8 Å². The van der Waals surface area contributed by atoms with Crippen LogP contribution in [-0.4, -0.2) is 67.8 Å². The van der Waals surface area contributed by atoms with Crippen molar-refractivity contribution in [3.8, 4) is 11.1 Å². The van der Waals surface area contributed by atoms with Crippen molar-refractivity contribution >= 4 is 128 Å². The van der Waals surface area contributed by atoms with E-state index < -0.39 is 7.12 Å². The van der Waals surface area contributed by atoms with Crippen molar-refractivity contribution in [3.05, 3.63) is 223 Å². The molecule has 2 aromatic heterocycles. The van der Waals surface area contributed by atoms with Gasteiger partial charge in [-0.05, 0) is 197 Å². The van der Waals surface area contributed by atoms with Crippen LogP contribution in [0.1, 0.15) is 158 Å². The molecule has 0 spiro atoms. The van der Waals surface area contributed by atoms with Gasteiger partial charge in [0.15, 0.2) is 0 Å². The molecule has 10 aromatic rings. The van der Waals surface area contributed by atoms with E-state index >= 15 is 0 Å². The molecule has 89 heavy (non-hydrogen) atoms. The number of hydrogen-bond acceptors (Lipinski definition) is 7. The van der Waals surface area contributed by atoms with Gasteiger partial charge in [-0.15, -0.1) is 0 Å². The quantitative estimate of drug-likeness (QED) is 0.0707. The second-order valence-electron chi connectivity index (χ2n) is 24.8. The largest absolute Gasteiger partial charge is 2.00 e. The van der Waals surface area contributed by atoms with E-state index in [4.69, 9.17) is 9.31 Å². The Labute approximate surface area is 567 Å². The first-order chi connectivity index (χ1) is 42.1. The number of rotatable bonds is 7. The molecule has 0 radical (unpaired) electrons. The van der Waals surface area contributed by atoms with Crippen LogP contribution in [0.25, 0.3) is 65.0 Å². The van der Waals surface area contributed by atoms with Gasteiger partial charge in [0.05, 0.1) is 23.4 Å². The first-order valence-corrected chi connectivity index (χ1v) is 32.8. The summed E-state index contributed by atoms with van der Waals surface area (Å²) in [5, 5.41) is 31.6. The van der Waals surface area contributed by atoms with Crippen LogP contribution < -0.4 is 33.6 Å². The van der Waals surface area contributed by atoms with E-state index in [2.05, 4.69) is 121 Å². The maximum Gasteiger partial charge on any atom is 2.00 e. The molecule has 1 saturated heterocycles. The summed E-state index contributed by atoms with van der Waals surface area (Å²) in [6.45, 7) is 8.11. The van der Waals surface area contributed by atoms with Gasteiger partial charge in [0, 0.05) is 37.7 Å². The zero-order chi connectivity index (χ0) is 61.1. The van der Waals surface area contributed by atoms with Crippen molar-refractivity contribution in [2.45, 2.75) is 147 Å². The van der Waals surface area contributed by atoms with Gasteiger partial charge in [-0.3, -0.25) is 14.4 Å². The van der Waals surface area contributed by atoms with Crippen LogP contribution in [0.3, 0.4) is 0 Å². The van der Waals surface area contributed by atoms with Crippen molar-refractivity contribution in [1.82, 2.24) is 9.97 Å². The molecule has 9 nitrogen and oxygen atoms in total. The molecule has 4 fully saturated rings. The molecule has 3 saturated carbocycles. The second kappa shape index (κ2) is 32.3. The summed E-state index contributed by atoms with van der Waals surface area (Å²) in [6.07, 6.45) is 25.2. The number of aliphatic hydroxyl groups excluding tert-OH is 2. The van der Waals surface area contributed by atoms with Crippen LogP contribution in [0.4, 0.5) is 0 Å². The predicted octanol–water partition coefficient (Wildman–Crippen LogP) is 15.2. The monoisotopic (exact) mass is 1390 g/mol. The molecule has 1 aliphatic heterocycles.